The second-order valence-electron chi connectivity index (χ2n) is 4.44. The van der Waals surface area contributed by atoms with Gasteiger partial charge in [0.05, 0.1) is 7.11 Å². The van der Waals surface area contributed by atoms with Crippen LogP contribution in [-0.2, 0) is 16.0 Å². The first kappa shape index (κ1) is 13.4. The molecule has 0 bridgehead atoms. The maximum absolute atomic E-state index is 11.2. The Hall–Kier alpha value is -2.07. The first-order valence-electron chi connectivity index (χ1n) is 6.09. The lowest BCUT2D eigenvalue weighted by Crippen LogP contribution is -2.33. The van der Waals surface area contributed by atoms with Crippen LogP contribution < -0.4 is 5.73 Å². The summed E-state index contributed by atoms with van der Waals surface area (Å²) in [6, 6.07) is 11.0. The van der Waals surface area contributed by atoms with Crippen LogP contribution in [0.1, 0.15) is 11.3 Å². The topological polar surface area (TPSA) is 65.5 Å². The van der Waals surface area contributed by atoms with E-state index in [1.54, 1.807) is 0 Å². The summed E-state index contributed by atoms with van der Waals surface area (Å²) < 4.78 is 10.1. The molecule has 1 aromatic carbocycles. The molecule has 1 aromatic heterocycles. The molecule has 100 valence electrons. The molecule has 0 fully saturated rings. The van der Waals surface area contributed by atoms with Gasteiger partial charge >= 0.3 is 5.97 Å². The number of benzene rings is 1. The minimum Gasteiger partial charge on any atom is -0.468 e. The average Bonchev–Trinajstić information content (AvgIpc) is 2.85. The Kier molecular flexibility index (Phi) is 4.02. The van der Waals surface area contributed by atoms with E-state index < -0.39 is 12.0 Å². The van der Waals surface area contributed by atoms with Crippen LogP contribution in [0, 0.1) is 6.92 Å². The van der Waals surface area contributed by atoms with E-state index in [1.807, 2.05) is 43.3 Å². The number of hydrogen-bond donors (Lipinski definition) is 1. The number of esters is 1. The third-order valence-electron chi connectivity index (χ3n) is 2.94. The molecule has 4 nitrogen and oxygen atoms in total. The summed E-state index contributed by atoms with van der Waals surface area (Å²) in [6.07, 6.45) is 0.462. The van der Waals surface area contributed by atoms with Crippen molar-refractivity contribution in [1.82, 2.24) is 0 Å². The molecule has 1 heterocycles. The van der Waals surface area contributed by atoms with E-state index in [4.69, 9.17) is 10.2 Å². The molecule has 19 heavy (non-hydrogen) atoms. The minimum atomic E-state index is -0.623. The van der Waals surface area contributed by atoms with E-state index in [0.717, 1.165) is 22.6 Å². The van der Waals surface area contributed by atoms with Crippen LogP contribution in [-0.4, -0.2) is 19.1 Å². The molecule has 0 saturated carbocycles. The maximum Gasteiger partial charge on any atom is 0.322 e. The average molecular weight is 259 g/mol. The van der Waals surface area contributed by atoms with Crippen molar-refractivity contribution in [3.8, 4) is 11.3 Å². The lowest BCUT2D eigenvalue weighted by molar-refractivity contribution is -0.142. The molecule has 2 aromatic rings. The number of aryl methyl sites for hydroxylation is 1. The molecule has 2 rings (SSSR count). The van der Waals surface area contributed by atoms with Crippen molar-refractivity contribution < 1.29 is 13.9 Å². The number of carbonyl (C=O) groups excluding carboxylic acids is 1. The molecule has 0 saturated heterocycles. The quantitative estimate of drug-likeness (QED) is 0.856. The second kappa shape index (κ2) is 5.71. The Morgan fingerprint density at radius 3 is 2.47 bits per heavy atom. The number of carbonyl (C=O) groups is 1. The van der Waals surface area contributed by atoms with Crippen molar-refractivity contribution in [1.29, 1.82) is 0 Å². The lowest BCUT2D eigenvalue weighted by Gasteiger charge is -2.09. The van der Waals surface area contributed by atoms with Crippen LogP contribution in [0.2, 0.25) is 0 Å². The molecule has 0 amide bonds. The third-order valence-corrected chi connectivity index (χ3v) is 2.94. The molecule has 2 N–H and O–H groups in total. The van der Waals surface area contributed by atoms with Gasteiger partial charge in [-0.2, -0.15) is 0 Å². The highest BCUT2D eigenvalue weighted by atomic mass is 16.5. The molecule has 0 aliphatic heterocycles. The van der Waals surface area contributed by atoms with E-state index in [2.05, 4.69) is 4.74 Å². The van der Waals surface area contributed by atoms with Gasteiger partial charge in [0.25, 0.3) is 0 Å². The Balaban J connectivity index is 2.08. The van der Waals surface area contributed by atoms with Gasteiger partial charge < -0.3 is 14.9 Å². The van der Waals surface area contributed by atoms with E-state index in [0.29, 0.717) is 6.42 Å². The first-order chi connectivity index (χ1) is 9.10. The summed E-state index contributed by atoms with van der Waals surface area (Å²) in [4.78, 5) is 11.2. The molecule has 1 atom stereocenters. The number of rotatable bonds is 4. The summed E-state index contributed by atoms with van der Waals surface area (Å²) in [6.45, 7) is 1.91. The standard InChI is InChI=1S/C15H17NO3/c1-10-3-8-14(19-10)12-6-4-11(5-7-12)9-13(16)15(17)18-2/h3-8,13H,9,16H2,1-2H3. The highest BCUT2D eigenvalue weighted by Gasteiger charge is 2.14. The van der Waals surface area contributed by atoms with E-state index >= 15 is 0 Å². The molecule has 0 aliphatic carbocycles. The summed E-state index contributed by atoms with van der Waals surface area (Å²) in [5.74, 6) is 1.32. The molecular weight excluding hydrogens is 242 g/mol. The molecular formula is C15H17NO3. The highest BCUT2D eigenvalue weighted by Crippen LogP contribution is 2.22. The number of ether oxygens (including phenoxy) is 1. The number of hydrogen-bond acceptors (Lipinski definition) is 4. The second-order valence-corrected chi connectivity index (χ2v) is 4.44. The largest absolute Gasteiger partial charge is 0.468 e. The number of nitrogens with two attached hydrogens (primary N) is 1. The monoisotopic (exact) mass is 259 g/mol. The summed E-state index contributed by atoms with van der Waals surface area (Å²) >= 11 is 0. The summed E-state index contributed by atoms with van der Waals surface area (Å²) in [7, 11) is 1.34. The zero-order chi connectivity index (χ0) is 13.8. The van der Waals surface area contributed by atoms with Crippen molar-refractivity contribution >= 4 is 5.97 Å². The van der Waals surface area contributed by atoms with Crippen LogP contribution in [0.5, 0.6) is 0 Å². The SMILES string of the molecule is COC(=O)C(N)Cc1ccc(-c2ccc(C)o2)cc1. The normalized spacial score (nSPS) is 12.2. The zero-order valence-corrected chi connectivity index (χ0v) is 11.1. The Labute approximate surface area is 112 Å². The van der Waals surface area contributed by atoms with E-state index in [9.17, 15) is 4.79 Å². The fourth-order valence-electron chi connectivity index (χ4n) is 1.88. The van der Waals surface area contributed by atoms with Crippen LogP contribution in [0.4, 0.5) is 0 Å². The van der Waals surface area contributed by atoms with Crippen molar-refractivity contribution in [2.24, 2.45) is 5.73 Å². The predicted octanol–water partition coefficient (Wildman–Crippen LogP) is 2.30. The van der Waals surface area contributed by atoms with Crippen molar-refractivity contribution in [2.45, 2.75) is 19.4 Å². The Bertz CT molecular complexity index is 557. The molecule has 0 spiro atoms. The lowest BCUT2D eigenvalue weighted by atomic mass is 10.0. The summed E-state index contributed by atoms with van der Waals surface area (Å²) in [5, 5.41) is 0. The predicted molar refractivity (Wildman–Crippen MR) is 72.6 cm³/mol. The van der Waals surface area contributed by atoms with Gasteiger partial charge in [-0.05, 0) is 31.0 Å². The smallest absolute Gasteiger partial charge is 0.322 e. The number of methoxy groups -OCH3 is 1. The van der Waals surface area contributed by atoms with Crippen molar-refractivity contribution in [3.63, 3.8) is 0 Å². The van der Waals surface area contributed by atoms with Gasteiger partial charge in [-0.1, -0.05) is 24.3 Å². The van der Waals surface area contributed by atoms with Crippen LogP contribution >= 0.6 is 0 Å². The molecule has 0 radical (unpaired) electrons. The highest BCUT2D eigenvalue weighted by molar-refractivity contribution is 5.75. The Morgan fingerprint density at radius 2 is 1.95 bits per heavy atom. The van der Waals surface area contributed by atoms with Gasteiger partial charge in [-0.25, -0.2) is 0 Å². The van der Waals surface area contributed by atoms with Gasteiger partial charge in [0, 0.05) is 5.56 Å². The summed E-state index contributed by atoms with van der Waals surface area (Å²) in [5.41, 5.74) is 7.71. The van der Waals surface area contributed by atoms with Crippen LogP contribution in [0.25, 0.3) is 11.3 Å². The van der Waals surface area contributed by atoms with Gasteiger partial charge in [0.15, 0.2) is 0 Å². The maximum atomic E-state index is 11.2. The minimum absolute atomic E-state index is 0.397. The fourth-order valence-corrected chi connectivity index (χ4v) is 1.88. The third kappa shape index (κ3) is 3.23. The fraction of sp³-hybridized carbons (Fsp3) is 0.267. The molecule has 0 aliphatic rings. The van der Waals surface area contributed by atoms with Gasteiger partial charge in [-0.3, -0.25) is 4.79 Å². The number of furan rings is 1. The van der Waals surface area contributed by atoms with E-state index in [1.165, 1.54) is 7.11 Å². The van der Waals surface area contributed by atoms with Crippen molar-refractivity contribution in [2.75, 3.05) is 7.11 Å². The molecule has 4 heteroatoms. The molecule has 1 unspecified atom stereocenters. The van der Waals surface area contributed by atoms with E-state index in [-0.39, 0.29) is 0 Å². The van der Waals surface area contributed by atoms with Crippen LogP contribution in [0.15, 0.2) is 40.8 Å². The van der Waals surface area contributed by atoms with Gasteiger partial charge in [-0.15, -0.1) is 0 Å². The zero-order valence-electron chi connectivity index (χ0n) is 11.1. The van der Waals surface area contributed by atoms with Crippen LogP contribution in [0.3, 0.4) is 0 Å². The Morgan fingerprint density at radius 1 is 1.26 bits per heavy atom. The van der Waals surface area contributed by atoms with Gasteiger partial charge in [0.1, 0.15) is 17.6 Å². The van der Waals surface area contributed by atoms with Crippen molar-refractivity contribution in [3.05, 3.63) is 47.7 Å². The first-order valence-corrected chi connectivity index (χ1v) is 6.09. The van der Waals surface area contributed by atoms with Gasteiger partial charge in [0.2, 0.25) is 0 Å².